The number of oxazole rings is 1. The van der Waals surface area contributed by atoms with Crippen LogP contribution in [0.3, 0.4) is 0 Å². The molecule has 0 fully saturated rings. The third-order valence-corrected chi connectivity index (χ3v) is 3.38. The Morgan fingerprint density at radius 1 is 1.32 bits per heavy atom. The van der Waals surface area contributed by atoms with Crippen molar-refractivity contribution in [2.45, 2.75) is 20.4 Å². The van der Waals surface area contributed by atoms with Crippen molar-refractivity contribution in [1.82, 2.24) is 9.55 Å². The lowest BCUT2D eigenvalue weighted by Crippen LogP contribution is -2.25. The molecule has 0 aliphatic carbocycles. The van der Waals surface area contributed by atoms with E-state index in [1.807, 2.05) is 32.0 Å². The molecule has 2 aromatic heterocycles. The summed E-state index contributed by atoms with van der Waals surface area (Å²) in [5.41, 5.74) is 3.55. The molecule has 0 aliphatic heterocycles. The molecule has 1 amide bonds. The molecule has 112 valence electrons. The van der Waals surface area contributed by atoms with Gasteiger partial charge in [-0.25, -0.2) is 14.3 Å². The van der Waals surface area contributed by atoms with Crippen molar-refractivity contribution >= 4 is 22.8 Å². The van der Waals surface area contributed by atoms with Crippen molar-refractivity contribution in [3.63, 3.8) is 0 Å². The van der Waals surface area contributed by atoms with Gasteiger partial charge in [0.2, 0.25) is 5.91 Å². The van der Waals surface area contributed by atoms with E-state index in [0.717, 1.165) is 16.8 Å². The number of hydrogen-bond donors (Lipinski definition) is 1. The zero-order valence-corrected chi connectivity index (χ0v) is 12.3. The molecular formula is C16H15N3O3. The minimum atomic E-state index is -0.593. The van der Waals surface area contributed by atoms with E-state index in [0.29, 0.717) is 11.2 Å². The van der Waals surface area contributed by atoms with Crippen LogP contribution in [0.4, 0.5) is 5.69 Å². The monoisotopic (exact) mass is 297 g/mol. The maximum atomic E-state index is 12.2. The Morgan fingerprint density at radius 2 is 2.14 bits per heavy atom. The van der Waals surface area contributed by atoms with E-state index in [2.05, 4.69) is 10.3 Å². The summed E-state index contributed by atoms with van der Waals surface area (Å²) in [6.45, 7) is 3.77. The van der Waals surface area contributed by atoms with Gasteiger partial charge in [0.25, 0.3) is 0 Å². The molecule has 6 heteroatoms. The fourth-order valence-corrected chi connectivity index (χ4v) is 2.33. The summed E-state index contributed by atoms with van der Waals surface area (Å²) < 4.78 is 6.27. The molecule has 0 unspecified atom stereocenters. The summed E-state index contributed by atoms with van der Waals surface area (Å²) in [4.78, 5) is 28.1. The van der Waals surface area contributed by atoms with Gasteiger partial charge >= 0.3 is 5.76 Å². The zero-order valence-electron chi connectivity index (χ0n) is 12.3. The van der Waals surface area contributed by atoms with Gasteiger partial charge in [0.05, 0.1) is 0 Å². The number of benzene rings is 1. The van der Waals surface area contributed by atoms with Crippen LogP contribution in [0.15, 0.2) is 45.7 Å². The molecule has 3 aromatic rings. The van der Waals surface area contributed by atoms with Gasteiger partial charge in [0, 0.05) is 11.9 Å². The first-order chi connectivity index (χ1) is 10.5. The number of hydrogen-bond acceptors (Lipinski definition) is 4. The molecule has 0 saturated carbocycles. The minimum absolute atomic E-state index is 0.143. The van der Waals surface area contributed by atoms with Crippen LogP contribution in [0.2, 0.25) is 0 Å². The third-order valence-electron chi connectivity index (χ3n) is 3.38. The quantitative estimate of drug-likeness (QED) is 0.804. The molecule has 3 rings (SSSR count). The number of carbonyl (C=O) groups is 1. The van der Waals surface area contributed by atoms with Crippen molar-refractivity contribution in [2.24, 2.45) is 0 Å². The van der Waals surface area contributed by atoms with E-state index in [-0.39, 0.29) is 12.5 Å². The molecule has 2 heterocycles. The van der Waals surface area contributed by atoms with Gasteiger partial charge in [-0.3, -0.25) is 4.79 Å². The van der Waals surface area contributed by atoms with E-state index in [9.17, 15) is 9.59 Å². The number of aryl methyl sites for hydroxylation is 2. The number of nitrogens with zero attached hydrogens (tertiary/aromatic N) is 2. The molecule has 0 radical (unpaired) electrons. The molecule has 0 saturated heterocycles. The second-order valence-corrected chi connectivity index (χ2v) is 5.15. The largest absolute Gasteiger partial charge is 0.421 e. The SMILES string of the molecule is Cc1ccc(NC(=O)Cn2c(=O)oc3cccnc32)c(C)c1. The first-order valence-corrected chi connectivity index (χ1v) is 6.86. The fourth-order valence-electron chi connectivity index (χ4n) is 2.33. The third kappa shape index (κ3) is 2.63. The van der Waals surface area contributed by atoms with Crippen molar-refractivity contribution < 1.29 is 9.21 Å². The molecule has 0 spiro atoms. The minimum Gasteiger partial charge on any atom is -0.406 e. The van der Waals surface area contributed by atoms with E-state index < -0.39 is 5.76 Å². The molecule has 22 heavy (non-hydrogen) atoms. The fraction of sp³-hybridized carbons (Fsp3) is 0.188. The van der Waals surface area contributed by atoms with Crippen molar-refractivity contribution in [1.29, 1.82) is 0 Å². The molecular weight excluding hydrogens is 282 g/mol. The lowest BCUT2D eigenvalue weighted by Gasteiger charge is -2.09. The highest BCUT2D eigenvalue weighted by Crippen LogP contribution is 2.16. The van der Waals surface area contributed by atoms with Crippen LogP contribution < -0.4 is 11.1 Å². The number of amides is 1. The number of aromatic nitrogens is 2. The summed E-state index contributed by atoms with van der Waals surface area (Å²) in [5.74, 6) is -0.896. The highest BCUT2D eigenvalue weighted by molar-refractivity contribution is 5.92. The second-order valence-electron chi connectivity index (χ2n) is 5.15. The Labute approximate surface area is 126 Å². The van der Waals surface area contributed by atoms with Gasteiger partial charge in [0.15, 0.2) is 11.2 Å². The van der Waals surface area contributed by atoms with Crippen LogP contribution in [0.25, 0.3) is 11.2 Å². The number of fused-ring (bicyclic) bond motifs is 1. The van der Waals surface area contributed by atoms with Crippen molar-refractivity contribution in [2.75, 3.05) is 5.32 Å². The zero-order chi connectivity index (χ0) is 15.7. The van der Waals surface area contributed by atoms with Gasteiger partial charge in [-0.2, -0.15) is 0 Å². The first kappa shape index (κ1) is 14.1. The Bertz CT molecular complexity index is 908. The van der Waals surface area contributed by atoms with E-state index >= 15 is 0 Å². The predicted molar refractivity (Wildman–Crippen MR) is 82.8 cm³/mol. The van der Waals surface area contributed by atoms with Gasteiger partial charge in [-0.15, -0.1) is 0 Å². The smallest absolute Gasteiger partial charge is 0.406 e. The summed E-state index contributed by atoms with van der Waals surface area (Å²) in [6, 6.07) is 9.06. The van der Waals surface area contributed by atoms with Crippen LogP contribution in [0.1, 0.15) is 11.1 Å². The lowest BCUT2D eigenvalue weighted by atomic mass is 10.1. The summed E-state index contributed by atoms with van der Waals surface area (Å²) in [5, 5.41) is 2.80. The normalized spacial score (nSPS) is 10.8. The maximum absolute atomic E-state index is 12.2. The topological polar surface area (TPSA) is 77.1 Å². The highest BCUT2D eigenvalue weighted by Gasteiger charge is 2.14. The van der Waals surface area contributed by atoms with Crippen molar-refractivity contribution in [3.8, 4) is 0 Å². The van der Waals surface area contributed by atoms with E-state index in [1.54, 1.807) is 18.3 Å². The Morgan fingerprint density at radius 3 is 2.91 bits per heavy atom. The molecule has 6 nitrogen and oxygen atoms in total. The second kappa shape index (κ2) is 5.48. The number of anilines is 1. The first-order valence-electron chi connectivity index (χ1n) is 6.86. The summed E-state index contributed by atoms with van der Waals surface area (Å²) >= 11 is 0. The van der Waals surface area contributed by atoms with Gasteiger partial charge in [-0.1, -0.05) is 17.7 Å². The van der Waals surface area contributed by atoms with Crippen LogP contribution in [0.5, 0.6) is 0 Å². The molecule has 1 N–H and O–H groups in total. The molecule has 1 aromatic carbocycles. The van der Waals surface area contributed by atoms with Crippen molar-refractivity contribution in [3.05, 3.63) is 58.2 Å². The van der Waals surface area contributed by atoms with Gasteiger partial charge in [0.1, 0.15) is 6.54 Å². The highest BCUT2D eigenvalue weighted by atomic mass is 16.4. The number of pyridine rings is 1. The van der Waals surface area contributed by atoms with E-state index in [4.69, 9.17) is 4.42 Å². The van der Waals surface area contributed by atoms with Crippen LogP contribution >= 0.6 is 0 Å². The summed E-state index contributed by atoms with van der Waals surface area (Å²) in [6.07, 6.45) is 1.55. The van der Waals surface area contributed by atoms with E-state index in [1.165, 1.54) is 4.57 Å². The van der Waals surface area contributed by atoms with Crippen LogP contribution in [0, 0.1) is 13.8 Å². The van der Waals surface area contributed by atoms with Crippen LogP contribution in [-0.4, -0.2) is 15.5 Å². The molecule has 0 aliphatic rings. The standard InChI is InChI=1S/C16H15N3O3/c1-10-5-6-12(11(2)8-10)18-14(20)9-19-15-13(22-16(19)21)4-3-7-17-15/h3-8H,9H2,1-2H3,(H,18,20). The lowest BCUT2D eigenvalue weighted by molar-refractivity contribution is -0.116. The Balaban J connectivity index is 1.84. The number of carbonyl (C=O) groups excluding carboxylic acids is 1. The number of nitrogens with one attached hydrogen (secondary N) is 1. The van der Waals surface area contributed by atoms with Gasteiger partial charge < -0.3 is 9.73 Å². The average molecular weight is 297 g/mol. The van der Waals surface area contributed by atoms with Gasteiger partial charge in [-0.05, 0) is 37.6 Å². The average Bonchev–Trinajstić information content (AvgIpc) is 2.78. The Hall–Kier alpha value is -2.89. The Kier molecular flexibility index (Phi) is 3.50. The molecule has 0 atom stereocenters. The molecule has 0 bridgehead atoms. The maximum Gasteiger partial charge on any atom is 0.421 e. The summed E-state index contributed by atoms with van der Waals surface area (Å²) in [7, 11) is 0. The van der Waals surface area contributed by atoms with Crippen LogP contribution in [-0.2, 0) is 11.3 Å². The predicted octanol–water partition coefficient (Wildman–Crippen LogP) is 2.25. The number of rotatable bonds is 3.